The Balaban J connectivity index is 2.50. The van der Waals surface area contributed by atoms with Crippen molar-refractivity contribution in [2.45, 2.75) is 65.3 Å². The van der Waals surface area contributed by atoms with Crippen LogP contribution in [0.2, 0.25) is 0 Å². The minimum atomic E-state index is -0.919. The van der Waals surface area contributed by atoms with Crippen LogP contribution in [-0.4, -0.2) is 73.6 Å². The lowest BCUT2D eigenvalue weighted by Crippen LogP contribution is -2.40. The summed E-state index contributed by atoms with van der Waals surface area (Å²) in [5.41, 5.74) is 7.96. The molecule has 0 aromatic heterocycles. The van der Waals surface area contributed by atoms with Gasteiger partial charge in [-0.3, -0.25) is 9.59 Å². The summed E-state index contributed by atoms with van der Waals surface area (Å²) in [4.78, 5) is 28.2. The van der Waals surface area contributed by atoms with E-state index in [1.165, 1.54) is 0 Å². The van der Waals surface area contributed by atoms with Crippen molar-refractivity contribution >= 4 is 11.8 Å². The number of nitrogens with zero attached hydrogens (tertiary/aromatic N) is 1. The molecule has 2 atom stereocenters. The van der Waals surface area contributed by atoms with E-state index in [1.54, 1.807) is 18.2 Å². The van der Waals surface area contributed by atoms with E-state index in [-0.39, 0.29) is 18.0 Å². The molecule has 2 amide bonds. The third kappa shape index (κ3) is 9.20. The standard InChI is InChI=1S/C30H45N3O5/c1-5-17-33(18-6-2)30(36)24-16-12-15-23(29(31)35)28(24)25(19-22-13-10-9-11-14-22)26(34)20-32-21-27(37-7-3)38-8-4/h9-16,25-27,32,34H,5-8,17-21H2,1-4H3,(H2,31,35)/t25-,26+/m1/s1. The monoisotopic (exact) mass is 527 g/mol. The number of hydrogen-bond donors (Lipinski definition) is 3. The Hall–Kier alpha value is -2.78. The number of nitrogens with one attached hydrogen (secondary N) is 1. The number of amides is 2. The molecule has 210 valence electrons. The highest BCUT2D eigenvalue weighted by Crippen LogP contribution is 2.32. The fourth-order valence-corrected chi connectivity index (χ4v) is 4.72. The Morgan fingerprint density at radius 2 is 1.50 bits per heavy atom. The van der Waals surface area contributed by atoms with Crippen LogP contribution in [0, 0.1) is 0 Å². The summed E-state index contributed by atoms with van der Waals surface area (Å²) in [6.07, 6.45) is 0.707. The number of carbonyl (C=O) groups excluding carboxylic acids is 2. The number of aliphatic hydroxyl groups excluding tert-OH is 1. The highest BCUT2D eigenvalue weighted by molar-refractivity contribution is 6.02. The number of rotatable bonds is 18. The molecular formula is C30H45N3O5. The molecule has 0 unspecified atom stereocenters. The van der Waals surface area contributed by atoms with Gasteiger partial charge in [0, 0.05) is 56.4 Å². The molecule has 0 aliphatic carbocycles. The average Bonchev–Trinajstić information content (AvgIpc) is 2.91. The van der Waals surface area contributed by atoms with Crippen molar-refractivity contribution in [1.29, 1.82) is 0 Å². The smallest absolute Gasteiger partial charge is 0.254 e. The van der Waals surface area contributed by atoms with E-state index in [0.717, 1.165) is 18.4 Å². The second kappa shape index (κ2) is 16.9. The van der Waals surface area contributed by atoms with Crippen LogP contribution in [0.25, 0.3) is 0 Å². The van der Waals surface area contributed by atoms with Crippen LogP contribution in [0.3, 0.4) is 0 Å². The first-order valence-corrected chi connectivity index (χ1v) is 13.8. The maximum Gasteiger partial charge on any atom is 0.254 e. The number of ether oxygens (including phenoxy) is 2. The van der Waals surface area contributed by atoms with E-state index in [9.17, 15) is 14.7 Å². The Bertz CT molecular complexity index is 973. The van der Waals surface area contributed by atoms with Gasteiger partial charge in [-0.15, -0.1) is 0 Å². The van der Waals surface area contributed by atoms with E-state index in [4.69, 9.17) is 15.2 Å². The topological polar surface area (TPSA) is 114 Å². The second-order valence-corrected chi connectivity index (χ2v) is 9.29. The van der Waals surface area contributed by atoms with Crippen molar-refractivity contribution in [1.82, 2.24) is 10.2 Å². The lowest BCUT2D eigenvalue weighted by molar-refractivity contribution is -0.133. The lowest BCUT2D eigenvalue weighted by atomic mass is 9.81. The molecule has 2 rings (SSSR count). The third-order valence-corrected chi connectivity index (χ3v) is 6.38. The summed E-state index contributed by atoms with van der Waals surface area (Å²) in [5, 5.41) is 14.8. The van der Waals surface area contributed by atoms with Crippen LogP contribution in [-0.2, 0) is 15.9 Å². The van der Waals surface area contributed by atoms with E-state index < -0.39 is 24.2 Å². The van der Waals surface area contributed by atoms with E-state index in [2.05, 4.69) is 5.32 Å². The Kier molecular flexibility index (Phi) is 14.0. The highest BCUT2D eigenvalue weighted by Gasteiger charge is 2.31. The summed E-state index contributed by atoms with van der Waals surface area (Å²) >= 11 is 0. The van der Waals surface area contributed by atoms with Crippen LogP contribution in [0.5, 0.6) is 0 Å². The van der Waals surface area contributed by atoms with Crippen molar-refractivity contribution in [2.24, 2.45) is 5.73 Å². The average molecular weight is 528 g/mol. The van der Waals surface area contributed by atoms with Crippen LogP contribution >= 0.6 is 0 Å². The molecule has 0 aliphatic rings. The SMILES string of the molecule is CCCN(CCC)C(=O)c1cccc(C(N)=O)c1[C@H](Cc1ccccc1)[C@@H](O)CNCC(OCC)OCC. The van der Waals surface area contributed by atoms with Crippen molar-refractivity contribution in [3.05, 3.63) is 70.8 Å². The van der Waals surface area contributed by atoms with Gasteiger partial charge < -0.3 is 30.5 Å². The number of aliphatic hydroxyl groups is 1. The number of hydrogen-bond acceptors (Lipinski definition) is 6. The first-order valence-electron chi connectivity index (χ1n) is 13.8. The van der Waals surface area contributed by atoms with E-state index >= 15 is 0 Å². The Labute approximate surface area is 227 Å². The molecule has 0 heterocycles. The van der Waals surface area contributed by atoms with Gasteiger partial charge in [-0.2, -0.15) is 0 Å². The zero-order valence-electron chi connectivity index (χ0n) is 23.3. The normalized spacial score (nSPS) is 12.9. The molecule has 0 spiro atoms. The van der Waals surface area contributed by atoms with E-state index in [0.29, 0.717) is 50.4 Å². The van der Waals surface area contributed by atoms with Gasteiger partial charge in [-0.05, 0) is 56.4 Å². The molecular weight excluding hydrogens is 482 g/mol. The predicted molar refractivity (Wildman–Crippen MR) is 150 cm³/mol. The molecule has 0 radical (unpaired) electrons. The van der Waals surface area contributed by atoms with Gasteiger partial charge in [0.1, 0.15) is 0 Å². The van der Waals surface area contributed by atoms with Crippen molar-refractivity contribution in [2.75, 3.05) is 39.4 Å². The van der Waals surface area contributed by atoms with Gasteiger partial charge in [0.05, 0.1) is 6.10 Å². The maximum absolute atomic E-state index is 13.8. The molecule has 0 bridgehead atoms. The first kappa shape index (κ1) is 31.4. The molecule has 0 fully saturated rings. The third-order valence-electron chi connectivity index (χ3n) is 6.38. The number of primary amides is 1. The van der Waals surface area contributed by atoms with Gasteiger partial charge in [0.15, 0.2) is 6.29 Å². The summed E-state index contributed by atoms with van der Waals surface area (Å²) in [7, 11) is 0. The summed E-state index contributed by atoms with van der Waals surface area (Å²) in [6, 6.07) is 14.8. The molecule has 8 nitrogen and oxygen atoms in total. The molecule has 4 N–H and O–H groups in total. The second-order valence-electron chi connectivity index (χ2n) is 9.29. The van der Waals surface area contributed by atoms with Crippen molar-refractivity contribution in [3.63, 3.8) is 0 Å². The van der Waals surface area contributed by atoms with Crippen molar-refractivity contribution in [3.8, 4) is 0 Å². The maximum atomic E-state index is 13.8. The van der Waals surface area contributed by atoms with Gasteiger partial charge in [-0.1, -0.05) is 50.2 Å². The molecule has 8 heteroatoms. The van der Waals surface area contributed by atoms with Crippen LogP contribution in [0.4, 0.5) is 0 Å². The Morgan fingerprint density at radius 1 is 0.895 bits per heavy atom. The zero-order chi connectivity index (χ0) is 27.9. The molecule has 0 aliphatic heterocycles. The fraction of sp³-hybridized carbons (Fsp3) is 0.533. The quantitative estimate of drug-likeness (QED) is 0.255. The zero-order valence-corrected chi connectivity index (χ0v) is 23.3. The fourth-order valence-electron chi connectivity index (χ4n) is 4.72. The summed E-state index contributed by atoms with van der Waals surface area (Å²) in [6.45, 7) is 10.7. The number of carbonyl (C=O) groups is 2. The largest absolute Gasteiger partial charge is 0.391 e. The number of nitrogens with two attached hydrogens (primary N) is 1. The van der Waals surface area contributed by atoms with Gasteiger partial charge in [0.2, 0.25) is 5.91 Å². The van der Waals surface area contributed by atoms with Crippen LogP contribution < -0.4 is 11.1 Å². The number of benzene rings is 2. The van der Waals surface area contributed by atoms with Crippen molar-refractivity contribution < 1.29 is 24.2 Å². The minimum Gasteiger partial charge on any atom is -0.391 e. The van der Waals surface area contributed by atoms with Crippen LogP contribution in [0.1, 0.15) is 78.3 Å². The Morgan fingerprint density at radius 3 is 2.05 bits per heavy atom. The molecule has 2 aromatic rings. The lowest BCUT2D eigenvalue weighted by Gasteiger charge is -2.30. The highest BCUT2D eigenvalue weighted by atomic mass is 16.7. The minimum absolute atomic E-state index is 0.155. The van der Waals surface area contributed by atoms with E-state index in [1.807, 2.05) is 62.9 Å². The molecule has 0 saturated carbocycles. The van der Waals surface area contributed by atoms with Gasteiger partial charge in [-0.25, -0.2) is 0 Å². The molecule has 38 heavy (non-hydrogen) atoms. The molecule has 0 saturated heterocycles. The summed E-state index contributed by atoms with van der Waals surface area (Å²) < 4.78 is 11.2. The van der Waals surface area contributed by atoms with Crippen LogP contribution in [0.15, 0.2) is 48.5 Å². The van der Waals surface area contributed by atoms with Gasteiger partial charge in [0.25, 0.3) is 5.91 Å². The first-order chi connectivity index (χ1) is 18.4. The predicted octanol–water partition coefficient (Wildman–Crippen LogP) is 3.72. The summed E-state index contributed by atoms with van der Waals surface area (Å²) in [5.74, 6) is -1.34. The molecule has 2 aromatic carbocycles. The van der Waals surface area contributed by atoms with Gasteiger partial charge >= 0.3 is 0 Å².